The molecule has 3 N–H and O–H groups in total. The van der Waals surface area contributed by atoms with Crippen molar-refractivity contribution >= 4 is 44.8 Å². The van der Waals surface area contributed by atoms with Crippen molar-refractivity contribution in [2.24, 2.45) is 5.73 Å². The van der Waals surface area contributed by atoms with Crippen LogP contribution in [0.4, 0.5) is 5.69 Å². The standard InChI is InChI=1S/C10H9BrN4O2S/c11-7-1-2-18-9(7)10(17)14-6-3-13-15(4-6)5-8(12)16/h1-4H,5H2,(H2,12,16)(H,14,17). The van der Waals surface area contributed by atoms with E-state index in [0.717, 1.165) is 4.47 Å². The van der Waals surface area contributed by atoms with Crippen molar-refractivity contribution in [2.75, 3.05) is 5.32 Å². The summed E-state index contributed by atoms with van der Waals surface area (Å²) < 4.78 is 2.11. The molecule has 2 rings (SSSR count). The van der Waals surface area contributed by atoms with Gasteiger partial charge in [0.1, 0.15) is 11.4 Å². The Morgan fingerprint density at radius 1 is 1.56 bits per heavy atom. The summed E-state index contributed by atoms with van der Waals surface area (Å²) in [6.07, 6.45) is 3.01. The Morgan fingerprint density at radius 3 is 2.94 bits per heavy atom. The minimum atomic E-state index is -0.489. The number of hydrogen-bond donors (Lipinski definition) is 2. The van der Waals surface area contributed by atoms with E-state index in [0.29, 0.717) is 10.6 Å². The zero-order valence-corrected chi connectivity index (χ0v) is 11.5. The molecule has 2 heterocycles. The molecule has 0 unspecified atom stereocenters. The lowest BCUT2D eigenvalue weighted by Gasteiger charge is -2.00. The monoisotopic (exact) mass is 328 g/mol. The van der Waals surface area contributed by atoms with E-state index in [1.54, 1.807) is 12.3 Å². The number of nitrogens with one attached hydrogen (secondary N) is 1. The topological polar surface area (TPSA) is 90.0 Å². The third-order valence-corrected chi connectivity index (χ3v) is 3.87. The van der Waals surface area contributed by atoms with Crippen LogP contribution in [0.1, 0.15) is 9.67 Å². The van der Waals surface area contributed by atoms with Crippen molar-refractivity contribution in [2.45, 2.75) is 6.54 Å². The third kappa shape index (κ3) is 2.96. The average Bonchev–Trinajstić information content (AvgIpc) is 2.87. The van der Waals surface area contributed by atoms with Crippen LogP contribution >= 0.6 is 27.3 Å². The number of thiophene rings is 1. The molecule has 0 saturated carbocycles. The first-order valence-electron chi connectivity index (χ1n) is 4.91. The van der Waals surface area contributed by atoms with E-state index >= 15 is 0 Å². The van der Waals surface area contributed by atoms with Gasteiger partial charge in [-0.2, -0.15) is 5.10 Å². The molecular weight excluding hydrogens is 320 g/mol. The van der Waals surface area contributed by atoms with Crippen LogP contribution in [0, 0.1) is 0 Å². The van der Waals surface area contributed by atoms with Gasteiger partial charge in [-0.1, -0.05) is 0 Å². The second-order valence-corrected chi connectivity index (χ2v) is 5.22. The van der Waals surface area contributed by atoms with Gasteiger partial charge in [0.15, 0.2) is 0 Å². The van der Waals surface area contributed by atoms with Crippen LogP contribution in [0.2, 0.25) is 0 Å². The highest BCUT2D eigenvalue weighted by Gasteiger charge is 2.12. The summed E-state index contributed by atoms with van der Waals surface area (Å²) in [7, 11) is 0. The van der Waals surface area contributed by atoms with Crippen LogP contribution in [-0.2, 0) is 11.3 Å². The number of aromatic nitrogens is 2. The van der Waals surface area contributed by atoms with Gasteiger partial charge in [-0.05, 0) is 27.4 Å². The lowest BCUT2D eigenvalue weighted by molar-refractivity contribution is -0.118. The average molecular weight is 329 g/mol. The third-order valence-electron chi connectivity index (χ3n) is 2.03. The number of carbonyl (C=O) groups excluding carboxylic acids is 2. The highest BCUT2D eigenvalue weighted by Crippen LogP contribution is 2.23. The second kappa shape index (κ2) is 5.32. The molecule has 0 radical (unpaired) electrons. The summed E-state index contributed by atoms with van der Waals surface area (Å²) in [5.41, 5.74) is 5.56. The molecule has 0 aliphatic heterocycles. The minimum Gasteiger partial charge on any atom is -0.368 e. The Labute approximate surface area is 115 Å². The molecule has 0 atom stereocenters. The highest BCUT2D eigenvalue weighted by atomic mass is 79.9. The SMILES string of the molecule is NC(=O)Cn1cc(NC(=O)c2sccc2Br)cn1. The Kier molecular flexibility index (Phi) is 3.78. The summed E-state index contributed by atoms with van der Waals surface area (Å²) >= 11 is 4.62. The molecule has 6 nitrogen and oxygen atoms in total. The number of hydrogen-bond acceptors (Lipinski definition) is 4. The first-order chi connectivity index (χ1) is 8.56. The van der Waals surface area contributed by atoms with Crippen molar-refractivity contribution in [3.8, 4) is 0 Å². The molecule has 2 amide bonds. The summed E-state index contributed by atoms with van der Waals surface area (Å²) in [5.74, 6) is -0.715. The van der Waals surface area contributed by atoms with E-state index in [2.05, 4.69) is 26.3 Å². The number of halogens is 1. The maximum absolute atomic E-state index is 11.9. The maximum atomic E-state index is 11.9. The Hall–Kier alpha value is -1.67. The van der Waals surface area contributed by atoms with Crippen LogP contribution in [-0.4, -0.2) is 21.6 Å². The smallest absolute Gasteiger partial charge is 0.266 e. The molecule has 0 saturated heterocycles. The second-order valence-electron chi connectivity index (χ2n) is 3.44. The van der Waals surface area contributed by atoms with Gasteiger partial charge in [-0.25, -0.2) is 0 Å². The number of nitrogens with two attached hydrogens (primary N) is 1. The van der Waals surface area contributed by atoms with E-state index in [-0.39, 0.29) is 12.5 Å². The predicted molar refractivity (Wildman–Crippen MR) is 71.4 cm³/mol. The normalized spacial score (nSPS) is 10.3. The molecule has 94 valence electrons. The van der Waals surface area contributed by atoms with Crippen LogP contribution in [0.25, 0.3) is 0 Å². The Balaban J connectivity index is 2.06. The van der Waals surface area contributed by atoms with Crippen LogP contribution in [0.3, 0.4) is 0 Å². The number of primary amides is 1. The molecular formula is C10H9BrN4O2S. The quantitative estimate of drug-likeness (QED) is 0.889. The lowest BCUT2D eigenvalue weighted by atomic mass is 10.4. The fourth-order valence-corrected chi connectivity index (χ4v) is 2.76. The number of carbonyl (C=O) groups is 2. The number of nitrogens with zero attached hydrogens (tertiary/aromatic N) is 2. The van der Waals surface area contributed by atoms with Gasteiger partial charge >= 0.3 is 0 Å². The van der Waals surface area contributed by atoms with Gasteiger partial charge in [0, 0.05) is 10.7 Å². The van der Waals surface area contributed by atoms with E-state index < -0.39 is 5.91 Å². The molecule has 0 fully saturated rings. The van der Waals surface area contributed by atoms with Crippen molar-refractivity contribution in [1.29, 1.82) is 0 Å². The summed E-state index contributed by atoms with van der Waals surface area (Å²) in [5, 5.41) is 8.41. The molecule has 0 aliphatic rings. The lowest BCUT2D eigenvalue weighted by Crippen LogP contribution is -2.18. The van der Waals surface area contributed by atoms with Crippen LogP contribution < -0.4 is 11.1 Å². The molecule has 2 aromatic rings. The van der Waals surface area contributed by atoms with Gasteiger partial charge in [-0.15, -0.1) is 11.3 Å². The number of anilines is 1. The number of amides is 2. The molecule has 0 spiro atoms. The van der Waals surface area contributed by atoms with Crippen LogP contribution in [0.15, 0.2) is 28.3 Å². The van der Waals surface area contributed by atoms with Crippen molar-refractivity contribution in [3.63, 3.8) is 0 Å². The van der Waals surface area contributed by atoms with Crippen molar-refractivity contribution in [3.05, 3.63) is 33.2 Å². The first-order valence-corrected chi connectivity index (χ1v) is 6.58. The zero-order valence-electron chi connectivity index (χ0n) is 9.09. The van der Waals surface area contributed by atoms with E-state index in [4.69, 9.17) is 5.73 Å². The first kappa shape index (κ1) is 12.8. The summed E-state index contributed by atoms with van der Waals surface area (Å²) in [6, 6.07) is 1.80. The fourth-order valence-electron chi connectivity index (χ4n) is 1.32. The Morgan fingerprint density at radius 2 is 2.33 bits per heavy atom. The predicted octanol–water partition coefficient (Wildman–Crippen LogP) is 1.44. The molecule has 18 heavy (non-hydrogen) atoms. The maximum Gasteiger partial charge on any atom is 0.266 e. The summed E-state index contributed by atoms with van der Waals surface area (Å²) in [6.45, 7) is -0.0153. The van der Waals surface area contributed by atoms with Gasteiger partial charge in [0.25, 0.3) is 5.91 Å². The highest BCUT2D eigenvalue weighted by molar-refractivity contribution is 9.10. The van der Waals surface area contributed by atoms with Gasteiger partial charge in [0.05, 0.1) is 11.9 Å². The van der Waals surface area contributed by atoms with E-state index in [9.17, 15) is 9.59 Å². The van der Waals surface area contributed by atoms with Gasteiger partial charge < -0.3 is 11.1 Å². The molecule has 0 aromatic carbocycles. The van der Waals surface area contributed by atoms with E-state index in [1.807, 2.05) is 5.38 Å². The largest absolute Gasteiger partial charge is 0.368 e. The minimum absolute atomic E-state index is 0.0153. The molecule has 0 aliphatic carbocycles. The van der Waals surface area contributed by atoms with Crippen molar-refractivity contribution < 1.29 is 9.59 Å². The molecule has 2 aromatic heterocycles. The Bertz CT molecular complexity index is 592. The van der Waals surface area contributed by atoms with Crippen molar-refractivity contribution in [1.82, 2.24) is 9.78 Å². The molecule has 0 bridgehead atoms. The van der Waals surface area contributed by atoms with Crippen LogP contribution in [0.5, 0.6) is 0 Å². The van der Waals surface area contributed by atoms with Gasteiger partial charge in [-0.3, -0.25) is 14.3 Å². The summed E-state index contributed by atoms with van der Waals surface area (Å²) in [4.78, 5) is 23.2. The number of rotatable bonds is 4. The van der Waals surface area contributed by atoms with E-state index in [1.165, 1.54) is 22.2 Å². The van der Waals surface area contributed by atoms with Gasteiger partial charge in [0.2, 0.25) is 5.91 Å². The zero-order chi connectivity index (χ0) is 13.1. The molecule has 8 heteroatoms. The fraction of sp³-hybridized carbons (Fsp3) is 0.100.